The molecule has 172 valence electrons. The van der Waals surface area contributed by atoms with E-state index >= 15 is 0 Å². The van der Waals surface area contributed by atoms with Crippen LogP contribution in [0.25, 0.3) is 10.2 Å². The molecule has 0 aliphatic heterocycles. The van der Waals surface area contributed by atoms with Gasteiger partial charge in [0, 0.05) is 19.0 Å². The monoisotopic (exact) mass is 458 g/mol. The van der Waals surface area contributed by atoms with Crippen molar-refractivity contribution in [2.75, 3.05) is 18.1 Å². The third-order valence-corrected chi connectivity index (χ3v) is 6.03. The lowest BCUT2D eigenvalue weighted by atomic mass is 10.1. The summed E-state index contributed by atoms with van der Waals surface area (Å²) >= 11 is 0.797. The van der Waals surface area contributed by atoms with Crippen LogP contribution in [-0.2, 0) is 14.3 Å². The number of hydrogen-bond acceptors (Lipinski definition) is 5. The van der Waals surface area contributed by atoms with E-state index in [2.05, 4.69) is 11.9 Å². The van der Waals surface area contributed by atoms with Gasteiger partial charge in [-0.05, 0) is 13.3 Å². The number of fused-ring (bicyclic) bond motifs is 1. The van der Waals surface area contributed by atoms with Gasteiger partial charge in [-0.25, -0.2) is 18.2 Å². The smallest absolute Gasteiger partial charge is 0.309 e. The Morgan fingerprint density at radius 1 is 1.10 bits per heavy atom. The molecule has 1 aromatic heterocycles. The average Bonchev–Trinajstić information content (AvgIpc) is 3.17. The molecule has 1 aromatic carbocycles. The SMILES string of the molecule is CCCCCCCCN(C(=O)CC(C)C(=O)OCC)c1nc2c(F)c(F)cc(F)c2s1. The van der Waals surface area contributed by atoms with Gasteiger partial charge in [0.15, 0.2) is 16.8 Å². The van der Waals surface area contributed by atoms with Gasteiger partial charge in [0.1, 0.15) is 11.3 Å². The average molecular weight is 459 g/mol. The Bertz CT molecular complexity index is 904. The number of amides is 1. The Labute approximate surface area is 184 Å². The second kappa shape index (κ2) is 12.0. The first kappa shape index (κ1) is 25.1. The lowest BCUT2D eigenvalue weighted by molar-refractivity contribution is -0.148. The topological polar surface area (TPSA) is 59.5 Å². The molecular formula is C22H29F3N2O3S. The van der Waals surface area contributed by atoms with E-state index in [-0.39, 0.29) is 22.9 Å². The predicted molar refractivity (Wildman–Crippen MR) is 116 cm³/mol. The molecule has 9 heteroatoms. The number of carbonyl (C=O) groups excluding carboxylic acids is 2. The number of carbonyl (C=O) groups is 2. The Morgan fingerprint density at radius 2 is 1.77 bits per heavy atom. The van der Waals surface area contributed by atoms with E-state index in [9.17, 15) is 22.8 Å². The zero-order valence-electron chi connectivity index (χ0n) is 18.2. The lowest BCUT2D eigenvalue weighted by Gasteiger charge is -2.21. The number of unbranched alkanes of at least 4 members (excludes halogenated alkanes) is 5. The molecule has 31 heavy (non-hydrogen) atoms. The van der Waals surface area contributed by atoms with E-state index in [1.165, 1.54) is 4.90 Å². The summed E-state index contributed by atoms with van der Waals surface area (Å²) in [5.74, 6) is -5.05. The van der Waals surface area contributed by atoms with E-state index in [0.717, 1.165) is 43.4 Å². The summed E-state index contributed by atoms with van der Waals surface area (Å²) < 4.78 is 46.6. The maximum absolute atomic E-state index is 14.1. The summed E-state index contributed by atoms with van der Waals surface area (Å²) in [7, 11) is 0. The van der Waals surface area contributed by atoms with Crippen LogP contribution in [0, 0.1) is 23.4 Å². The molecule has 0 N–H and O–H groups in total. The molecule has 5 nitrogen and oxygen atoms in total. The Morgan fingerprint density at radius 3 is 2.45 bits per heavy atom. The van der Waals surface area contributed by atoms with Crippen LogP contribution in [-0.4, -0.2) is 30.0 Å². The van der Waals surface area contributed by atoms with E-state index in [1.54, 1.807) is 13.8 Å². The van der Waals surface area contributed by atoms with Gasteiger partial charge in [-0.3, -0.25) is 14.5 Å². The molecule has 0 fully saturated rings. The van der Waals surface area contributed by atoms with Crippen LogP contribution in [0.15, 0.2) is 6.07 Å². The molecule has 2 rings (SSSR count). The van der Waals surface area contributed by atoms with Crippen LogP contribution in [0.4, 0.5) is 18.3 Å². The molecule has 0 aliphatic carbocycles. The minimum atomic E-state index is -1.33. The van der Waals surface area contributed by atoms with Crippen LogP contribution >= 0.6 is 11.3 Å². The second-order valence-corrected chi connectivity index (χ2v) is 8.48. The van der Waals surface area contributed by atoms with Crippen LogP contribution < -0.4 is 4.90 Å². The fraction of sp³-hybridized carbons (Fsp3) is 0.591. The van der Waals surface area contributed by atoms with Crippen molar-refractivity contribution in [3.05, 3.63) is 23.5 Å². The molecule has 0 saturated heterocycles. The number of halogens is 3. The van der Waals surface area contributed by atoms with Gasteiger partial charge in [0.05, 0.1) is 17.2 Å². The summed E-state index contributed by atoms with van der Waals surface area (Å²) in [5.41, 5.74) is -0.434. The lowest BCUT2D eigenvalue weighted by Crippen LogP contribution is -2.34. The summed E-state index contributed by atoms with van der Waals surface area (Å²) in [4.78, 5) is 30.3. The molecule has 0 saturated carbocycles. The van der Waals surface area contributed by atoms with Crippen molar-refractivity contribution >= 4 is 38.6 Å². The number of nitrogens with zero attached hydrogens (tertiary/aromatic N) is 2. The zero-order chi connectivity index (χ0) is 23.0. The molecule has 0 aliphatic rings. The third kappa shape index (κ3) is 6.66. The van der Waals surface area contributed by atoms with Crippen LogP contribution in [0.1, 0.15) is 65.7 Å². The highest BCUT2D eigenvalue weighted by atomic mass is 32.1. The quantitative estimate of drug-likeness (QED) is 0.222. The number of hydrogen-bond donors (Lipinski definition) is 0. The van der Waals surface area contributed by atoms with Crippen molar-refractivity contribution in [3.63, 3.8) is 0 Å². The maximum atomic E-state index is 14.1. The predicted octanol–water partition coefficient (Wildman–Crippen LogP) is 6.00. The summed E-state index contributed by atoms with van der Waals surface area (Å²) in [6.45, 7) is 5.90. The van der Waals surface area contributed by atoms with Crippen molar-refractivity contribution in [1.82, 2.24) is 4.98 Å². The van der Waals surface area contributed by atoms with Gasteiger partial charge in [-0.2, -0.15) is 0 Å². The maximum Gasteiger partial charge on any atom is 0.309 e. The standard InChI is InChI=1S/C22H29F3N2O3S/c1-4-6-7-8-9-10-11-27(17(28)12-14(3)21(29)30-5-2)22-26-19-18(25)15(23)13-16(24)20(19)31-22/h13-14H,4-12H2,1-3H3. The minimum Gasteiger partial charge on any atom is -0.466 e. The van der Waals surface area contributed by atoms with E-state index < -0.39 is 40.8 Å². The highest BCUT2D eigenvalue weighted by Crippen LogP contribution is 2.34. The molecule has 1 heterocycles. The van der Waals surface area contributed by atoms with E-state index in [0.29, 0.717) is 19.0 Å². The summed E-state index contributed by atoms with van der Waals surface area (Å²) in [5, 5.41) is 0.0908. The van der Waals surface area contributed by atoms with Gasteiger partial charge in [0.25, 0.3) is 0 Å². The molecule has 0 radical (unpaired) electrons. The largest absolute Gasteiger partial charge is 0.466 e. The highest BCUT2D eigenvalue weighted by Gasteiger charge is 2.26. The Hall–Kier alpha value is -2.16. The fourth-order valence-electron chi connectivity index (χ4n) is 3.21. The zero-order valence-corrected chi connectivity index (χ0v) is 19.0. The molecule has 1 atom stereocenters. The van der Waals surface area contributed by atoms with Gasteiger partial charge >= 0.3 is 5.97 Å². The molecule has 2 aromatic rings. The molecular weight excluding hydrogens is 429 g/mol. The number of esters is 1. The van der Waals surface area contributed by atoms with Crippen molar-refractivity contribution in [1.29, 1.82) is 0 Å². The number of anilines is 1. The Kier molecular flexibility index (Phi) is 9.74. The van der Waals surface area contributed by atoms with Crippen LogP contribution in [0.5, 0.6) is 0 Å². The number of thiazole rings is 1. The fourth-order valence-corrected chi connectivity index (χ4v) is 4.22. The first-order chi connectivity index (χ1) is 14.8. The molecule has 0 spiro atoms. The minimum absolute atomic E-state index is 0.0908. The second-order valence-electron chi connectivity index (χ2n) is 7.50. The normalized spacial score (nSPS) is 12.2. The van der Waals surface area contributed by atoms with Gasteiger partial charge in [0.2, 0.25) is 5.91 Å². The number of ether oxygens (including phenoxy) is 1. The van der Waals surface area contributed by atoms with Crippen molar-refractivity contribution in [2.45, 2.75) is 65.7 Å². The first-order valence-corrected chi connectivity index (χ1v) is 11.5. The molecule has 1 amide bonds. The number of benzene rings is 1. The molecule has 1 unspecified atom stereocenters. The van der Waals surface area contributed by atoms with Gasteiger partial charge in [-0.1, -0.05) is 57.3 Å². The van der Waals surface area contributed by atoms with Crippen LogP contribution in [0.2, 0.25) is 0 Å². The highest BCUT2D eigenvalue weighted by molar-refractivity contribution is 7.22. The van der Waals surface area contributed by atoms with Crippen molar-refractivity contribution in [3.8, 4) is 0 Å². The van der Waals surface area contributed by atoms with Gasteiger partial charge < -0.3 is 4.74 Å². The Balaban J connectivity index is 2.23. The summed E-state index contributed by atoms with van der Waals surface area (Å²) in [6, 6.07) is 0.475. The third-order valence-electron chi connectivity index (χ3n) is 4.94. The van der Waals surface area contributed by atoms with Crippen LogP contribution in [0.3, 0.4) is 0 Å². The van der Waals surface area contributed by atoms with Crippen molar-refractivity contribution < 1.29 is 27.5 Å². The van der Waals surface area contributed by atoms with E-state index in [4.69, 9.17) is 4.74 Å². The number of aromatic nitrogens is 1. The molecule has 0 bridgehead atoms. The van der Waals surface area contributed by atoms with Gasteiger partial charge in [-0.15, -0.1) is 0 Å². The van der Waals surface area contributed by atoms with Crippen molar-refractivity contribution in [2.24, 2.45) is 5.92 Å². The van der Waals surface area contributed by atoms with E-state index in [1.807, 2.05) is 0 Å². The number of rotatable bonds is 12. The first-order valence-electron chi connectivity index (χ1n) is 10.7. The summed E-state index contributed by atoms with van der Waals surface area (Å²) in [6.07, 6.45) is 5.82.